The van der Waals surface area contributed by atoms with Gasteiger partial charge in [0.15, 0.2) is 0 Å². The van der Waals surface area contributed by atoms with Crippen LogP contribution in [-0.4, -0.2) is 72.2 Å². The van der Waals surface area contributed by atoms with Crippen molar-refractivity contribution < 1.29 is 19.4 Å². The summed E-state index contributed by atoms with van der Waals surface area (Å²) >= 11 is 0. The Bertz CT molecular complexity index is 835. The van der Waals surface area contributed by atoms with Crippen LogP contribution < -0.4 is 0 Å². The number of piperazine rings is 1. The first kappa shape index (κ1) is 20.9. The third-order valence-corrected chi connectivity index (χ3v) is 6.76. The molecule has 1 aliphatic carbocycles. The van der Waals surface area contributed by atoms with Crippen molar-refractivity contribution in [3.63, 3.8) is 0 Å². The van der Waals surface area contributed by atoms with E-state index < -0.39 is 0 Å². The van der Waals surface area contributed by atoms with Gasteiger partial charge >= 0.3 is 0 Å². The van der Waals surface area contributed by atoms with E-state index in [0.717, 1.165) is 36.8 Å². The number of hydrogen-bond donors (Lipinski definition) is 1. The molecular weight excluding hydrogens is 380 g/mol. The Morgan fingerprint density at radius 1 is 1.20 bits per heavy atom. The van der Waals surface area contributed by atoms with Crippen LogP contribution in [0.2, 0.25) is 0 Å². The summed E-state index contributed by atoms with van der Waals surface area (Å²) in [6, 6.07) is 7.68. The first-order valence-electron chi connectivity index (χ1n) is 10.9. The molecule has 2 amide bonds. The fourth-order valence-corrected chi connectivity index (χ4v) is 5.27. The molecule has 3 fully saturated rings. The van der Waals surface area contributed by atoms with Crippen LogP contribution in [0.25, 0.3) is 0 Å². The van der Waals surface area contributed by atoms with Gasteiger partial charge in [-0.3, -0.25) is 9.59 Å². The standard InChI is InChI=1S/C24H30N2O4/c1-30-13-5-6-17-9-11-18(12-10-17)23-20-14-25(15-22(28)26(20)21(23)16-27)24(29)19-7-3-2-4-8-19/h9-12,19-21,23,27H,2-4,7-8,13-16H2,1H3/t20-,21+,23+/m0/s1. The van der Waals surface area contributed by atoms with E-state index in [9.17, 15) is 14.7 Å². The van der Waals surface area contributed by atoms with Crippen LogP contribution in [0.15, 0.2) is 24.3 Å². The molecule has 3 aliphatic rings. The maximum Gasteiger partial charge on any atom is 0.242 e. The zero-order chi connectivity index (χ0) is 21.1. The number of hydrogen-bond acceptors (Lipinski definition) is 4. The summed E-state index contributed by atoms with van der Waals surface area (Å²) in [4.78, 5) is 29.4. The molecule has 0 unspecified atom stereocenters. The number of benzene rings is 1. The minimum absolute atomic E-state index is 0.0295. The molecule has 6 heteroatoms. The quantitative estimate of drug-likeness (QED) is 0.768. The molecule has 1 aromatic rings. The number of rotatable bonds is 4. The van der Waals surface area contributed by atoms with Crippen LogP contribution in [-0.2, 0) is 14.3 Å². The summed E-state index contributed by atoms with van der Waals surface area (Å²) < 4.78 is 4.95. The number of ether oxygens (including phenoxy) is 1. The SMILES string of the molecule is COCC#Cc1ccc([C@H]2[C@@H](CO)N3C(=O)CN(C(=O)C4CCCCC4)C[C@@H]23)cc1. The van der Waals surface area contributed by atoms with Crippen molar-refractivity contribution in [3.05, 3.63) is 35.4 Å². The first-order valence-corrected chi connectivity index (χ1v) is 10.9. The molecule has 1 N–H and O–H groups in total. The summed E-state index contributed by atoms with van der Waals surface area (Å²) in [5, 5.41) is 9.94. The smallest absolute Gasteiger partial charge is 0.242 e. The highest BCUT2D eigenvalue weighted by atomic mass is 16.5. The Kier molecular flexibility index (Phi) is 6.40. The van der Waals surface area contributed by atoms with E-state index in [4.69, 9.17) is 4.74 Å². The van der Waals surface area contributed by atoms with Gasteiger partial charge in [0.25, 0.3) is 0 Å². The molecule has 1 aromatic carbocycles. The van der Waals surface area contributed by atoms with Gasteiger partial charge in [-0.1, -0.05) is 43.2 Å². The number of aliphatic hydroxyl groups is 1. The molecule has 2 aliphatic heterocycles. The maximum atomic E-state index is 13.0. The van der Waals surface area contributed by atoms with Gasteiger partial charge in [-0.2, -0.15) is 0 Å². The Balaban J connectivity index is 1.49. The van der Waals surface area contributed by atoms with Gasteiger partial charge in [0.2, 0.25) is 11.8 Å². The van der Waals surface area contributed by atoms with Crippen LogP contribution in [0.4, 0.5) is 0 Å². The van der Waals surface area contributed by atoms with E-state index in [0.29, 0.717) is 13.2 Å². The lowest BCUT2D eigenvalue weighted by atomic mass is 9.73. The number of carbonyl (C=O) groups is 2. The average Bonchev–Trinajstić information content (AvgIpc) is 2.76. The van der Waals surface area contributed by atoms with Crippen molar-refractivity contribution in [2.45, 2.75) is 50.1 Å². The zero-order valence-corrected chi connectivity index (χ0v) is 17.5. The topological polar surface area (TPSA) is 70.1 Å². The van der Waals surface area contributed by atoms with Gasteiger partial charge in [0, 0.05) is 31.1 Å². The van der Waals surface area contributed by atoms with Crippen LogP contribution in [0.1, 0.15) is 49.1 Å². The van der Waals surface area contributed by atoms with Gasteiger partial charge in [0.05, 0.1) is 25.2 Å². The minimum Gasteiger partial charge on any atom is -0.394 e. The van der Waals surface area contributed by atoms with Crippen LogP contribution >= 0.6 is 0 Å². The third kappa shape index (κ3) is 3.97. The van der Waals surface area contributed by atoms with E-state index in [-0.39, 0.29) is 48.9 Å². The molecule has 0 bridgehead atoms. The molecule has 0 radical (unpaired) electrons. The van der Waals surface area contributed by atoms with Gasteiger partial charge in [-0.15, -0.1) is 0 Å². The molecule has 30 heavy (non-hydrogen) atoms. The predicted octanol–water partition coefficient (Wildman–Crippen LogP) is 1.76. The van der Waals surface area contributed by atoms with E-state index in [1.807, 2.05) is 24.3 Å². The molecule has 1 saturated carbocycles. The molecular formula is C24H30N2O4. The lowest BCUT2D eigenvalue weighted by Gasteiger charge is -2.59. The number of nitrogens with zero attached hydrogens (tertiary/aromatic N) is 2. The predicted molar refractivity (Wildman–Crippen MR) is 113 cm³/mol. The van der Waals surface area contributed by atoms with Crippen LogP contribution in [0.3, 0.4) is 0 Å². The maximum absolute atomic E-state index is 13.0. The second-order valence-electron chi connectivity index (χ2n) is 8.55. The number of fused-ring (bicyclic) bond motifs is 1. The summed E-state index contributed by atoms with van der Waals surface area (Å²) in [6.07, 6.45) is 5.27. The molecule has 6 nitrogen and oxygen atoms in total. The van der Waals surface area contributed by atoms with Crippen molar-refractivity contribution in [2.75, 3.05) is 33.4 Å². The number of carbonyl (C=O) groups excluding carboxylic acids is 2. The van der Waals surface area contributed by atoms with Gasteiger partial charge in [-0.25, -0.2) is 0 Å². The highest BCUT2D eigenvalue weighted by Crippen LogP contribution is 2.43. The lowest BCUT2D eigenvalue weighted by molar-refractivity contribution is -0.168. The normalized spacial score (nSPS) is 26.5. The van der Waals surface area contributed by atoms with Gasteiger partial charge in [-0.05, 0) is 30.5 Å². The summed E-state index contributed by atoms with van der Waals surface area (Å²) in [5.41, 5.74) is 1.98. The van der Waals surface area contributed by atoms with Crippen LogP contribution in [0, 0.1) is 17.8 Å². The Morgan fingerprint density at radius 2 is 1.93 bits per heavy atom. The third-order valence-electron chi connectivity index (χ3n) is 6.76. The van der Waals surface area contributed by atoms with Crippen molar-refractivity contribution in [3.8, 4) is 11.8 Å². The Hall–Kier alpha value is -2.36. The van der Waals surface area contributed by atoms with Crippen molar-refractivity contribution in [1.82, 2.24) is 9.80 Å². The van der Waals surface area contributed by atoms with E-state index >= 15 is 0 Å². The Morgan fingerprint density at radius 3 is 2.60 bits per heavy atom. The highest BCUT2D eigenvalue weighted by Gasteiger charge is 2.54. The number of methoxy groups -OCH3 is 1. The van der Waals surface area contributed by atoms with Crippen molar-refractivity contribution in [2.24, 2.45) is 5.92 Å². The van der Waals surface area contributed by atoms with Crippen molar-refractivity contribution >= 4 is 11.8 Å². The van der Waals surface area contributed by atoms with E-state index in [1.165, 1.54) is 6.42 Å². The van der Waals surface area contributed by atoms with Crippen LogP contribution in [0.5, 0.6) is 0 Å². The largest absolute Gasteiger partial charge is 0.394 e. The monoisotopic (exact) mass is 410 g/mol. The van der Waals surface area contributed by atoms with Gasteiger partial charge < -0.3 is 19.6 Å². The van der Waals surface area contributed by atoms with Crippen molar-refractivity contribution in [1.29, 1.82) is 0 Å². The summed E-state index contributed by atoms with van der Waals surface area (Å²) in [7, 11) is 1.61. The molecule has 2 saturated heterocycles. The Labute approximate surface area is 178 Å². The molecule has 160 valence electrons. The lowest BCUT2D eigenvalue weighted by Crippen LogP contribution is -2.73. The minimum atomic E-state index is -0.222. The molecule has 0 spiro atoms. The summed E-state index contributed by atoms with van der Waals surface area (Å²) in [6.45, 7) is 1.01. The summed E-state index contributed by atoms with van der Waals surface area (Å²) in [5.74, 6) is 6.17. The second-order valence-corrected chi connectivity index (χ2v) is 8.55. The first-order chi connectivity index (χ1) is 14.6. The molecule has 3 atom stereocenters. The average molecular weight is 411 g/mol. The zero-order valence-electron chi connectivity index (χ0n) is 17.5. The fourth-order valence-electron chi connectivity index (χ4n) is 5.27. The highest BCUT2D eigenvalue weighted by molar-refractivity contribution is 5.88. The second kappa shape index (κ2) is 9.20. The molecule has 4 rings (SSSR count). The van der Waals surface area contributed by atoms with E-state index in [2.05, 4.69) is 11.8 Å². The molecule has 0 aromatic heterocycles. The van der Waals surface area contributed by atoms with E-state index in [1.54, 1.807) is 16.9 Å². The fraction of sp³-hybridized carbons (Fsp3) is 0.583. The number of amides is 2. The number of aliphatic hydroxyl groups excluding tert-OH is 1. The van der Waals surface area contributed by atoms with Gasteiger partial charge in [0.1, 0.15) is 6.61 Å². The molecule has 2 heterocycles.